The van der Waals surface area contributed by atoms with Crippen molar-refractivity contribution in [3.63, 3.8) is 0 Å². The molecule has 2 aliphatic rings. The van der Waals surface area contributed by atoms with Gasteiger partial charge < -0.3 is 16.0 Å². The van der Waals surface area contributed by atoms with Crippen LogP contribution in [0, 0.1) is 0 Å². The summed E-state index contributed by atoms with van der Waals surface area (Å²) in [6, 6.07) is 5.37. The Morgan fingerprint density at radius 1 is 1.42 bits per heavy atom. The van der Waals surface area contributed by atoms with Crippen molar-refractivity contribution in [1.29, 1.82) is 0 Å². The highest BCUT2D eigenvalue weighted by Gasteiger charge is 2.29. The molecular formula is C16H19Cl2N3O2S. The lowest BCUT2D eigenvalue weighted by Gasteiger charge is -2.24. The van der Waals surface area contributed by atoms with Crippen LogP contribution in [0.3, 0.4) is 0 Å². The predicted octanol–water partition coefficient (Wildman–Crippen LogP) is 2.60. The molecule has 1 aromatic carbocycles. The molecule has 130 valence electrons. The standard InChI is InChI=1S/C16H18ClN3O2S.ClH/c17-11-1-2-13-12(7-11)20-16(22)14(23-13)8-15(21)19-9-10-3-5-18-6-4-10;/h1-3,7,14,18H,4-6,8-9H2,(H,19,21)(H,20,22);1H. The Hall–Kier alpha value is -1.21. The average Bonchev–Trinajstić information content (AvgIpc) is 2.55. The van der Waals surface area contributed by atoms with Crippen LogP contribution >= 0.6 is 35.8 Å². The normalized spacial score (nSPS) is 19.5. The number of carbonyl (C=O) groups excluding carboxylic acids is 2. The van der Waals surface area contributed by atoms with E-state index in [2.05, 4.69) is 22.0 Å². The van der Waals surface area contributed by atoms with Crippen LogP contribution in [0.4, 0.5) is 5.69 Å². The van der Waals surface area contributed by atoms with Crippen LogP contribution in [-0.4, -0.2) is 36.7 Å². The second-order valence-corrected chi connectivity index (χ2v) is 7.21. The zero-order valence-electron chi connectivity index (χ0n) is 12.9. The molecule has 0 aliphatic carbocycles. The molecule has 0 radical (unpaired) electrons. The van der Waals surface area contributed by atoms with Crippen LogP contribution in [0.2, 0.25) is 5.02 Å². The van der Waals surface area contributed by atoms with Crippen LogP contribution in [0.1, 0.15) is 12.8 Å². The monoisotopic (exact) mass is 387 g/mol. The van der Waals surface area contributed by atoms with Crippen molar-refractivity contribution in [3.8, 4) is 0 Å². The highest BCUT2D eigenvalue weighted by atomic mass is 35.5. The molecular weight excluding hydrogens is 369 g/mol. The average molecular weight is 388 g/mol. The van der Waals surface area contributed by atoms with Gasteiger partial charge in [-0.05, 0) is 31.2 Å². The van der Waals surface area contributed by atoms with Crippen LogP contribution in [0.15, 0.2) is 34.7 Å². The Morgan fingerprint density at radius 2 is 2.25 bits per heavy atom. The number of fused-ring (bicyclic) bond motifs is 1. The summed E-state index contributed by atoms with van der Waals surface area (Å²) >= 11 is 7.33. The van der Waals surface area contributed by atoms with Gasteiger partial charge in [-0.15, -0.1) is 24.2 Å². The van der Waals surface area contributed by atoms with Crippen LogP contribution in [0.25, 0.3) is 0 Å². The number of nitrogens with one attached hydrogen (secondary N) is 3. The first-order chi connectivity index (χ1) is 11.1. The van der Waals surface area contributed by atoms with Crippen molar-refractivity contribution in [2.24, 2.45) is 0 Å². The van der Waals surface area contributed by atoms with Gasteiger partial charge >= 0.3 is 0 Å². The van der Waals surface area contributed by atoms with Crippen LogP contribution in [0.5, 0.6) is 0 Å². The molecule has 0 saturated heterocycles. The van der Waals surface area contributed by atoms with E-state index in [4.69, 9.17) is 11.6 Å². The molecule has 0 saturated carbocycles. The molecule has 3 rings (SSSR count). The first-order valence-electron chi connectivity index (χ1n) is 7.54. The molecule has 1 atom stereocenters. The van der Waals surface area contributed by atoms with Gasteiger partial charge in [-0.2, -0.15) is 0 Å². The molecule has 2 heterocycles. The summed E-state index contributed by atoms with van der Waals surface area (Å²) in [6.07, 6.45) is 3.23. The number of hydrogen-bond acceptors (Lipinski definition) is 4. The molecule has 5 nitrogen and oxygen atoms in total. The van der Waals surface area contributed by atoms with E-state index in [1.54, 1.807) is 12.1 Å². The summed E-state index contributed by atoms with van der Waals surface area (Å²) in [4.78, 5) is 25.2. The zero-order valence-corrected chi connectivity index (χ0v) is 15.3. The summed E-state index contributed by atoms with van der Waals surface area (Å²) < 4.78 is 0. The van der Waals surface area contributed by atoms with Gasteiger partial charge in [0.15, 0.2) is 0 Å². The first kappa shape index (κ1) is 19.1. The molecule has 1 unspecified atom stereocenters. The molecule has 8 heteroatoms. The fraction of sp³-hybridized carbons (Fsp3) is 0.375. The number of halogens is 2. The molecule has 24 heavy (non-hydrogen) atoms. The van der Waals surface area contributed by atoms with Crippen molar-refractivity contribution in [2.75, 3.05) is 25.0 Å². The number of hydrogen-bond donors (Lipinski definition) is 3. The highest BCUT2D eigenvalue weighted by Crippen LogP contribution is 2.38. The topological polar surface area (TPSA) is 70.2 Å². The number of thioether (sulfide) groups is 1. The second-order valence-electron chi connectivity index (χ2n) is 5.53. The highest BCUT2D eigenvalue weighted by molar-refractivity contribution is 8.01. The van der Waals surface area contributed by atoms with E-state index in [9.17, 15) is 9.59 Å². The summed E-state index contributed by atoms with van der Waals surface area (Å²) in [5.41, 5.74) is 1.95. The zero-order chi connectivity index (χ0) is 16.2. The van der Waals surface area contributed by atoms with E-state index < -0.39 is 5.25 Å². The van der Waals surface area contributed by atoms with Crippen molar-refractivity contribution in [3.05, 3.63) is 34.9 Å². The van der Waals surface area contributed by atoms with E-state index in [1.807, 2.05) is 6.07 Å². The van der Waals surface area contributed by atoms with Gasteiger partial charge in [0.2, 0.25) is 11.8 Å². The molecule has 0 fully saturated rings. The molecule has 0 spiro atoms. The number of benzene rings is 1. The maximum atomic E-state index is 12.1. The maximum absolute atomic E-state index is 12.1. The molecule has 3 N–H and O–H groups in total. The van der Waals surface area contributed by atoms with E-state index in [-0.39, 0.29) is 30.6 Å². The molecule has 0 aromatic heterocycles. The third-order valence-corrected chi connectivity index (χ3v) is 5.31. The third kappa shape index (κ3) is 4.89. The molecule has 1 aromatic rings. The number of rotatable bonds is 4. The number of amides is 2. The van der Waals surface area contributed by atoms with Crippen molar-refractivity contribution in [2.45, 2.75) is 23.0 Å². The lowest BCUT2D eigenvalue weighted by molar-refractivity contribution is -0.123. The third-order valence-electron chi connectivity index (χ3n) is 3.80. The van der Waals surface area contributed by atoms with Gasteiger partial charge in [-0.1, -0.05) is 23.3 Å². The Morgan fingerprint density at radius 3 is 3.00 bits per heavy atom. The van der Waals surface area contributed by atoms with Crippen molar-refractivity contribution < 1.29 is 9.59 Å². The fourth-order valence-electron chi connectivity index (χ4n) is 2.54. The van der Waals surface area contributed by atoms with Gasteiger partial charge in [0, 0.05) is 29.4 Å². The predicted molar refractivity (Wildman–Crippen MR) is 100 cm³/mol. The fourth-order valence-corrected chi connectivity index (χ4v) is 3.80. The lowest BCUT2D eigenvalue weighted by Crippen LogP contribution is -2.36. The Bertz CT molecular complexity index is 667. The van der Waals surface area contributed by atoms with Gasteiger partial charge in [0.05, 0.1) is 10.9 Å². The minimum atomic E-state index is -0.411. The van der Waals surface area contributed by atoms with E-state index in [1.165, 1.54) is 17.3 Å². The quantitative estimate of drug-likeness (QED) is 0.694. The summed E-state index contributed by atoms with van der Waals surface area (Å²) in [6.45, 7) is 2.36. The van der Waals surface area contributed by atoms with E-state index in [0.717, 1.165) is 24.4 Å². The Labute approximate surface area is 156 Å². The Kier molecular flexibility index (Phi) is 6.98. The van der Waals surface area contributed by atoms with Gasteiger partial charge in [-0.3, -0.25) is 9.59 Å². The largest absolute Gasteiger partial charge is 0.352 e. The van der Waals surface area contributed by atoms with E-state index >= 15 is 0 Å². The lowest BCUT2D eigenvalue weighted by atomic mass is 10.1. The SMILES string of the molecule is Cl.O=C(CC1Sc2ccc(Cl)cc2NC1=O)NCC1=CCNCC1. The Balaban J connectivity index is 0.00000208. The van der Waals surface area contributed by atoms with Gasteiger partial charge in [0.1, 0.15) is 0 Å². The number of carbonyl (C=O) groups is 2. The smallest absolute Gasteiger partial charge is 0.238 e. The first-order valence-corrected chi connectivity index (χ1v) is 8.80. The summed E-state index contributed by atoms with van der Waals surface area (Å²) in [5, 5.41) is 9.12. The van der Waals surface area contributed by atoms with Crippen molar-refractivity contribution in [1.82, 2.24) is 10.6 Å². The second kappa shape index (κ2) is 8.76. The molecule has 0 bridgehead atoms. The minimum Gasteiger partial charge on any atom is -0.352 e. The van der Waals surface area contributed by atoms with Crippen molar-refractivity contribution >= 4 is 53.3 Å². The minimum absolute atomic E-state index is 0. The summed E-state index contributed by atoms with van der Waals surface area (Å²) in [7, 11) is 0. The van der Waals surface area contributed by atoms with Gasteiger partial charge in [-0.25, -0.2) is 0 Å². The van der Waals surface area contributed by atoms with E-state index in [0.29, 0.717) is 17.3 Å². The maximum Gasteiger partial charge on any atom is 0.238 e. The summed E-state index contributed by atoms with van der Waals surface area (Å²) in [5.74, 6) is -0.254. The molecule has 2 aliphatic heterocycles. The van der Waals surface area contributed by atoms with Crippen LogP contribution in [-0.2, 0) is 9.59 Å². The molecule has 2 amide bonds. The van der Waals surface area contributed by atoms with Gasteiger partial charge in [0.25, 0.3) is 0 Å². The van der Waals surface area contributed by atoms with Crippen LogP contribution < -0.4 is 16.0 Å². The number of anilines is 1.